The number of ether oxygens (including phenoxy) is 2. The van der Waals surface area contributed by atoms with E-state index in [1.165, 1.54) is 0 Å². The van der Waals surface area contributed by atoms with E-state index in [-0.39, 0.29) is 34.9 Å². The van der Waals surface area contributed by atoms with Gasteiger partial charge in [0.2, 0.25) is 0 Å². The molecule has 0 unspecified atom stereocenters. The van der Waals surface area contributed by atoms with Crippen molar-refractivity contribution < 1.29 is 23.5 Å². The highest BCUT2D eigenvalue weighted by atomic mass is 28.4. The highest BCUT2D eigenvalue weighted by Crippen LogP contribution is 2.38. The van der Waals surface area contributed by atoms with Crippen molar-refractivity contribution in [3.63, 3.8) is 0 Å². The van der Waals surface area contributed by atoms with Crippen molar-refractivity contribution in [1.29, 1.82) is 0 Å². The van der Waals surface area contributed by atoms with Crippen LogP contribution in [0.3, 0.4) is 0 Å². The molecule has 1 aromatic carbocycles. The molecule has 0 spiro atoms. The van der Waals surface area contributed by atoms with Crippen LogP contribution < -0.4 is 0 Å². The van der Waals surface area contributed by atoms with Gasteiger partial charge in [0.05, 0.1) is 17.8 Å². The molecule has 1 fully saturated rings. The minimum Gasteiger partial charge on any atom is -0.451 e. The monoisotopic (exact) mass is 476 g/mol. The van der Waals surface area contributed by atoms with Crippen molar-refractivity contribution in [2.75, 3.05) is 6.61 Å². The van der Waals surface area contributed by atoms with Crippen molar-refractivity contribution in [2.45, 2.75) is 97.8 Å². The lowest BCUT2D eigenvalue weighted by atomic mass is 9.82. The van der Waals surface area contributed by atoms with Gasteiger partial charge in [0.25, 0.3) is 0 Å². The van der Waals surface area contributed by atoms with Crippen LogP contribution in [0.4, 0.5) is 0 Å². The topological polar surface area (TPSA) is 61.8 Å². The number of Topliss-reactive ketones (excluding diaryl/α,β-unsaturated/α-hetero) is 1. The Hall–Kier alpha value is -1.50. The molecule has 0 saturated carbocycles. The van der Waals surface area contributed by atoms with E-state index in [0.717, 1.165) is 12.8 Å². The van der Waals surface area contributed by atoms with Gasteiger partial charge in [0.1, 0.15) is 0 Å². The second-order valence-corrected chi connectivity index (χ2v) is 16.2. The van der Waals surface area contributed by atoms with Gasteiger partial charge in [-0.15, -0.1) is 0 Å². The van der Waals surface area contributed by atoms with Crippen molar-refractivity contribution >= 4 is 20.1 Å². The molecule has 6 heteroatoms. The minimum absolute atomic E-state index is 0.0472. The highest BCUT2D eigenvalue weighted by molar-refractivity contribution is 6.74. The molecule has 1 aromatic rings. The Bertz CT molecular complexity index is 785. The Morgan fingerprint density at radius 3 is 2.27 bits per heavy atom. The zero-order valence-corrected chi connectivity index (χ0v) is 23.0. The Morgan fingerprint density at radius 1 is 1.09 bits per heavy atom. The number of carbonyl (C=O) groups excluding carboxylic acids is 2. The molecule has 2 rings (SSSR count). The van der Waals surface area contributed by atoms with E-state index < -0.39 is 20.4 Å². The predicted molar refractivity (Wildman–Crippen MR) is 135 cm³/mol. The molecule has 6 atom stereocenters. The van der Waals surface area contributed by atoms with E-state index in [0.29, 0.717) is 18.1 Å². The predicted octanol–water partition coefficient (Wildman–Crippen LogP) is 6.28. The SMILES string of the molecule is C[C@H](C(=O)[C@@H](C)OC(=O)c1ccccc1)[C@@H]1CC[C@H](C)[C@@H]([C@@H](C)CO[Si](C)(C)C(C)(C)C)O1. The fraction of sp³-hybridized carbons (Fsp3) is 0.704. The van der Waals surface area contributed by atoms with Crippen LogP contribution in [0.1, 0.15) is 71.7 Å². The Labute approximate surface area is 201 Å². The first-order valence-electron chi connectivity index (χ1n) is 12.3. The van der Waals surface area contributed by atoms with Crippen molar-refractivity contribution in [3.05, 3.63) is 35.9 Å². The molecule has 1 saturated heterocycles. The first kappa shape index (κ1) is 27.7. The van der Waals surface area contributed by atoms with Crippen LogP contribution in [-0.4, -0.2) is 45.0 Å². The maximum absolute atomic E-state index is 13.1. The molecule has 186 valence electrons. The fourth-order valence-corrected chi connectivity index (χ4v) is 5.24. The van der Waals surface area contributed by atoms with Gasteiger partial charge in [-0.05, 0) is 55.9 Å². The summed E-state index contributed by atoms with van der Waals surface area (Å²) in [6.45, 7) is 19.9. The van der Waals surface area contributed by atoms with E-state index in [2.05, 4.69) is 47.7 Å². The molecular weight excluding hydrogens is 432 g/mol. The molecule has 0 radical (unpaired) electrons. The summed E-state index contributed by atoms with van der Waals surface area (Å²) in [6, 6.07) is 8.76. The smallest absolute Gasteiger partial charge is 0.338 e. The summed E-state index contributed by atoms with van der Waals surface area (Å²) in [6.07, 6.45) is 0.904. The largest absolute Gasteiger partial charge is 0.451 e. The van der Waals surface area contributed by atoms with Crippen LogP contribution in [0.5, 0.6) is 0 Å². The van der Waals surface area contributed by atoms with Crippen LogP contribution in [0, 0.1) is 17.8 Å². The van der Waals surface area contributed by atoms with Crippen molar-refractivity contribution in [2.24, 2.45) is 17.8 Å². The van der Waals surface area contributed by atoms with Gasteiger partial charge < -0.3 is 13.9 Å². The normalized spacial score (nSPS) is 24.6. The van der Waals surface area contributed by atoms with Crippen LogP contribution in [-0.2, 0) is 18.7 Å². The fourth-order valence-electron chi connectivity index (χ4n) is 4.12. The van der Waals surface area contributed by atoms with Gasteiger partial charge in [-0.25, -0.2) is 4.79 Å². The molecule has 1 aliphatic rings. The Balaban J connectivity index is 1.96. The first-order chi connectivity index (χ1) is 15.2. The van der Waals surface area contributed by atoms with Crippen LogP contribution in [0.2, 0.25) is 18.1 Å². The van der Waals surface area contributed by atoms with Crippen LogP contribution in [0.15, 0.2) is 30.3 Å². The third-order valence-corrected chi connectivity index (χ3v) is 12.1. The summed E-state index contributed by atoms with van der Waals surface area (Å²) in [4.78, 5) is 25.4. The van der Waals surface area contributed by atoms with Gasteiger partial charge in [0, 0.05) is 18.4 Å². The second-order valence-electron chi connectivity index (χ2n) is 11.3. The number of hydrogen-bond acceptors (Lipinski definition) is 5. The van der Waals surface area contributed by atoms with E-state index >= 15 is 0 Å². The quantitative estimate of drug-likeness (QED) is 0.310. The molecule has 1 heterocycles. The molecule has 0 N–H and O–H groups in total. The Kier molecular flexibility index (Phi) is 9.48. The van der Waals surface area contributed by atoms with Gasteiger partial charge in [-0.2, -0.15) is 0 Å². The van der Waals surface area contributed by atoms with E-state index in [9.17, 15) is 9.59 Å². The van der Waals surface area contributed by atoms with Gasteiger partial charge in [-0.3, -0.25) is 4.79 Å². The number of benzene rings is 1. The van der Waals surface area contributed by atoms with E-state index in [1.807, 2.05) is 13.0 Å². The van der Waals surface area contributed by atoms with Gasteiger partial charge >= 0.3 is 5.97 Å². The van der Waals surface area contributed by atoms with Crippen LogP contribution in [0.25, 0.3) is 0 Å². The third kappa shape index (κ3) is 7.24. The summed E-state index contributed by atoms with van der Waals surface area (Å²) in [5, 5.41) is 0.169. The lowest BCUT2D eigenvalue weighted by Gasteiger charge is -2.42. The number of ketones is 1. The van der Waals surface area contributed by atoms with Gasteiger partial charge in [0.15, 0.2) is 20.2 Å². The Morgan fingerprint density at radius 2 is 1.70 bits per heavy atom. The lowest BCUT2D eigenvalue weighted by Crippen LogP contribution is -2.47. The summed E-state index contributed by atoms with van der Waals surface area (Å²) >= 11 is 0. The average molecular weight is 477 g/mol. The summed E-state index contributed by atoms with van der Waals surface area (Å²) in [5.74, 6) is -0.256. The maximum atomic E-state index is 13.1. The zero-order valence-electron chi connectivity index (χ0n) is 22.0. The molecule has 0 aromatic heterocycles. The molecular formula is C27H44O5Si. The number of rotatable bonds is 9. The second kappa shape index (κ2) is 11.3. The van der Waals surface area contributed by atoms with E-state index in [4.69, 9.17) is 13.9 Å². The highest BCUT2D eigenvalue weighted by Gasteiger charge is 2.41. The molecule has 0 bridgehead atoms. The molecule has 33 heavy (non-hydrogen) atoms. The number of carbonyl (C=O) groups is 2. The molecule has 0 amide bonds. The third-order valence-electron chi connectivity index (χ3n) is 7.57. The zero-order chi connectivity index (χ0) is 25.0. The molecule has 1 aliphatic heterocycles. The lowest BCUT2D eigenvalue weighted by molar-refractivity contribution is -0.151. The molecule has 0 aliphatic carbocycles. The van der Waals surface area contributed by atoms with Gasteiger partial charge in [-0.1, -0.05) is 59.7 Å². The minimum atomic E-state index is -1.83. The summed E-state index contributed by atoms with van der Waals surface area (Å²) in [5.41, 5.74) is 0.447. The summed E-state index contributed by atoms with van der Waals surface area (Å²) in [7, 11) is -1.83. The first-order valence-corrected chi connectivity index (χ1v) is 15.2. The number of esters is 1. The van der Waals surface area contributed by atoms with Crippen molar-refractivity contribution in [3.8, 4) is 0 Å². The summed E-state index contributed by atoms with van der Waals surface area (Å²) < 4.78 is 18.4. The average Bonchev–Trinajstić information content (AvgIpc) is 2.76. The molecule has 5 nitrogen and oxygen atoms in total. The van der Waals surface area contributed by atoms with Crippen LogP contribution >= 0.6 is 0 Å². The maximum Gasteiger partial charge on any atom is 0.338 e. The standard InChI is InChI=1S/C27H44O5Si/c1-18-15-16-23(32-25(18)19(2)17-30-33(8,9)27(5,6)7)20(3)24(28)21(4)31-26(29)22-13-11-10-12-14-22/h10-14,18-21,23,25H,15-17H2,1-9H3/t18-,19-,20-,21+,23-,25-/m0/s1. The van der Waals surface area contributed by atoms with Crippen molar-refractivity contribution in [1.82, 2.24) is 0 Å². The van der Waals surface area contributed by atoms with E-state index in [1.54, 1.807) is 31.2 Å². The number of hydrogen-bond donors (Lipinski definition) is 0.